The fraction of sp³-hybridized carbons (Fsp3) is 0.304. The first-order valence-electron chi connectivity index (χ1n) is 10.2. The quantitative estimate of drug-likeness (QED) is 0.575. The molecule has 0 bridgehead atoms. The van der Waals surface area contributed by atoms with Gasteiger partial charge in [-0.25, -0.2) is 9.18 Å². The molecule has 1 fully saturated rings. The summed E-state index contributed by atoms with van der Waals surface area (Å²) in [5, 5.41) is 7.80. The molecule has 32 heavy (non-hydrogen) atoms. The average molecular weight is 440 g/mol. The van der Waals surface area contributed by atoms with Crippen LogP contribution < -0.4 is 16.0 Å². The summed E-state index contributed by atoms with van der Waals surface area (Å²) in [7, 11) is 0. The predicted octanol–water partition coefficient (Wildman–Crippen LogP) is 2.35. The van der Waals surface area contributed by atoms with Crippen molar-refractivity contribution in [3.8, 4) is 0 Å². The lowest BCUT2D eigenvalue weighted by Crippen LogP contribution is -2.45. The molecule has 5 amide bonds. The Bertz CT molecular complexity index is 1050. The summed E-state index contributed by atoms with van der Waals surface area (Å²) in [5.41, 5.74) is 1.51. The van der Waals surface area contributed by atoms with Gasteiger partial charge in [-0.3, -0.25) is 19.3 Å². The predicted molar refractivity (Wildman–Crippen MR) is 116 cm³/mol. The number of benzene rings is 2. The Morgan fingerprint density at radius 2 is 1.66 bits per heavy atom. The Balaban J connectivity index is 1.62. The van der Waals surface area contributed by atoms with Crippen molar-refractivity contribution in [1.29, 1.82) is 0 Å². The van der Waals surface area contributed by atoms with Crippen LogP contribution in [0.1, 0.15) is 30.0 Å². The molecule has 168 valence electrons. The number of amides is 5. The molecule has 3 rings (SSSR count). The smallest absolute Gasteiger partial charge is 0.325 e. The van der Waals surface area contributed by atoms with Gasteiger partial charge in [0.1, 0.15) is 17.9 Å². The number of halogens is 1. The maximum Gasteiger partial charge on any atom is 0.325 e. The summed E-state index contributed by atoms with van der Waals surface area (Å²) < 4.78 is 13.3. The van der Waals surface area contributed by atoms with Crippen LogP contribution >= 0.6 is 0 Å². The Kier molecular flexibility index (Phi) is 6.57. The number of nitrogens with one attached hydrogen (secondary N) is 3. The molecule has 0 radical (unpaired) electrons. The van der Waals surface area contributed by atoms with E-state index in [0.29, 0.717) is 11.3 Å². The molecule has 9 heteroatoms. The summed E-state index contributed by atoms with van der Waals surface area (Å²) in [6, 6.07) is 10.1. The normalized spacial score (nSPS) is 17.8. The van der Waals surface area contributed by atoms with Crippen molar-refractivity contribution in [2.24, 2.45) is 0 Å². The first-order chi connectivity index (χ1) is 15.2. The van der Waals surface area contributed by atoms with Gasteiger partial charge in [-0.05, 0) is 49.1 Å². The van der Waals surface area contributed by atoms with Gasteiger partial charge >= 0.3 is 6.03 Å². The van der Waals surface area contributed by atoms with E-state index in [-0.39, 0.29) is 13.0 Å². The van der Waals surface area contributed by atoms with Crippen LogP contribution in [0.5, 0.6) is 0 Å². The summed E-state index contributed by atoms with van der Waals surface area (Å²) >= 11 is 0. The Hall–Kier alpha value is -3.75. The highest BCUT2D eigenvalue weighted by Crippen LogP contribution is 2.32. The van der Waals surface area contributed by atoms with Gasteiger partial charge in [0.25, 0.3) is 5.91 Å². The number of hydrogen-bond acceptors (Lipinski definition) is 4. The standard InChI is InChI=1S/C23H25FN4O4/c1-4-23(16-8-10-17(24)11-9-16)21(31)28(22(32)27-23)13-19(30)25-12-18(29)26-20-14(2)6-5-7-15(20)3/h5-11H,4,12-13H2,1-3H3,(H,25,30)(H,26,29)(H,27,32)/t23-/m1/s1. The number of carbonyl (C=O) groups excluding carboxylic acids is 4. The van der Waals surface area contributed by atoms with E-state index in [1.807, 2.05) is 32.0 Å². The van der Waals surface area contributed by atoms with E-state index in [4.69, 9.17) is 0 Å². The number of carbonyl (C=O) groups is 4. The monoisotopic (exact) mass is 440 g/mol. The SMILES string of the molecule is CC[C@]1(c2ccc(F)cc2)NC(=O)N(CC(=O)NCC(=O)Nc2c(C)cccc2C)C1=O. The number of nitrogens with zero attached hydrogens (tertiary/aromatic N) is 1. The minimum absolute atomic E-state index is 0.222. The molecule has 2 aromatic rings. The molecule has 1 saturated heterocycles. The van der Waals surface area contributed by atoms with E-state index < -0.39 is 41.7 Å². The van der Waals surface area contributed by atoms with Gasteiger partial charge in [-0.15, -0.1) is 0 Å². The van der Waals surface area contributed by atoms with Crippen molar-refractivity contribution in [2.45, 2.75) is 32.7 Å². The van der Waals surface area contributed by atoms with Crippen LogP contribution in [0, 0.1) is 19.7 Å². The van der Waals surface area contributed by atoms with Crippen LogP contribution in [0.4, 0.5) is 14.9 Å². The van der Waals surface area contributed by atoms with Crippen molar-refractivity contribution < 1.29 is 23.6 Å². The van der Waals surface area contributed by atoms with Gasteiger partial charge in [0.2, 0.25) is 11.8 Å². The molecule has 1 aliphatic heterocycles. The van der Waals surface area contributed by atoms with Crippen LogP contribution in [0.2, 0.25) is 0 Å². The van der Waals surface area contributed by atoms with Crippen LogP contribution in [-0.4, -0.2) is 41.7 Å². The summed E-state index contributed by atoms with van der Waals surface area (Å²) in [5.74, 6) is -2.16. The van der Waals surface area contributed by atoms with Crippen molar-refractivity contribution in [3.63, 3.8) is 0 Å². The van der Waals surface area contributed by atoms with E-state index in [0.717, 1.165) is 16.0 Å². The molecule has 0 saturated carbocycles. The number of rotatable bonds is 7. The second-order valence-corrected chi connectivity index (χ2v) is 7.68. The van der Waals surface area contributed by atoms with E-state index in [1.54, 1.807) is 6.92 Å². The van der Waals surface area contributed by atoms with E-state index in [1.165, 1.54) is 24.3 Å². The molecule has 0 aliphatic carbocycles. The second kappa shape index (κ2) is 9.17. The van der Waals surface area contributed by atoms with E-state index in [2.05, 4.69) is 16.0 Å². The highest BCUT2D eigenvalue weighted by molar-refractivity contribution is 6.09. The van der Waals surface area contributed by atoms with E-state index >= 15 is 0 Å². The molecular formula is C23H25FN4O4. The lowest BCUT2D eigenvalue weighted by molar-refractivity contribution is -0.135. The van der Waals surface area contributed by atoms with Crippen molar-refractivity contribution in [2.75, 3.05) is 18.4 Å². The van der Waals surface area contributed by atoms with Crippen LogP contribution in [0.3, 0.4) is 0 Å². The van der Waals surface area contributed by atoms with Gasteiger partial charge in [-0.1, -0.05) is 37.3 Å². The molecule has 0 unspecified atom stereocenters. The number of para-hydroxylation sites is 1. The number of aryl methyl sites for hydroxylation is 2. The first-order valence-corrected chi connectivity index (χ1v) is 10.2. The van der Waals surface area contributed by atoms with Gasteiger partial charge in [0.05, 0.1) is 6.54 Å². The third kappa shape index (κ3) is 4.46. The van der Waals surface area contributed by atoms with Crippen LogP contribution in [0.15, 0.2) is 42.5 Å². The fourth-order valence-electron chi connectivity index (χ4n) is 3.72. The first kappa shape index (κ1) is 22.9. The zero-order valence-corrected chi connectivity index (χ0v) is 18.1. The molecular weight excluding hydrogens is 415 g/mol. The van der Waals surface area contributed by atoms with Crippen LogP contribution in [0.25, 0.3) is 0 Å². The summed E-state index contributed by atoms with van der Waals surface area (Å²) in [4.78, 5) is 50.9. The zero-order chi connectivity index (χ0) is 23.5. The average Bonchev–Trinajstić information content (AvgIpc) is 3.00. The molecule has 1 aliphatic rings. The fourth-order valence-corrected chi connectivity index (χ4v) is 3.72. The number of hydrogen-bond donors (Lipinski definition) is 3. The topological polar surface area (TPSA) is 108 Å². The summed E-state index contributed by atoms with van der Waals surface area (Å²) in [6.07, 6.45) is 0.222. The van der Waals surface area contributed by atoms with E-state index in [9.17, 15) is 23.6 Å². The summed E-state index contributed by atoms with van der Waals surface area (Å²) in [6.45, 7) is 4.58. The lowest BCUT2D eigenvalue weighted by Gasteiger charge is -2.25. The molecule has 2 aromatic carbocycles. The zero-order valence-electron chi connectivity index (χ0n) is 18.1. The maximum atomic E-state index is 13.3. The molecule has 8 nitrogen and oxygen atoms in total. The highest BCUT2D eigenvalue weighted by Gasteiger charge is 2.51. The second-order valence-electron chi connectivity index (χ2n) is 7.68. The number of anilines is 1. The highest BCUT2D eigenvalue weighted by atomic mass is 19.1. The van der Waals surface area contributed by atoms with Crippen molar-refractivity contribution in [3.05, 3.63) is 65.0 Å². The van der Waals surface area contributed by atoms with Crippen molar-refractivity contribution in [1.82, 2.24) is 15.5 Å². The van der Waals surface area contributed by atoms with Gasteiger partial charge in [-0.2, -0.15) is 0 Å². The number of urea groups is 1. The molecule has 3 N–H and O–H groups in total. The molecule has 0 aromatic heterocycles. The van der Waals surface area contributed by atoms with Crippen molar-refractivity contribution >= 4 is 29.4 Å². The van der Waals surface area contributed by atoms with Gasteiger partial charge in [0, 0.05) is 5.69 Å². The Labute approximate surface area is 185 Å². The number of imide groups is 1. The van der Waals surface area contributed by atoms with Gasteiger partial charge in [0.15, 0.2) is 0 Å². The minimum atomic E-state index is -1.37. The molecule has 1 heterocycles. The minimum Gasteiger partial charge on any atom is -0.345 e. The third-order valence-electron chi connectivity index (χ3n) is 5.54. The third-order valence-corrected chi connectivity index (χ3v) is 5.54. The Morgan fingerprint density at radius 3 is 2.25 bits per heavy atom. The molecule has 1 atom stereocenters. The lowest BCUT2D eigenvalue weighted by atomic mass is 9.87. The Morgan fingerprint density at radius 1 is 1.03 bits per heavy atom. The largest absolute Gasteiger partial charge is 0.345 e. The molecule has 0 spiro atoms. The van der Waals surface area contributed by atoms with Crippen LogP contribution in [-0.2, 0) is 19.9 Å². The van der Waals surface area contributed by atoms with Gasteiger partial charge < -0.3 is 16.0 Å². The maximum absolute atomic E-state index is 13.3.